The molecule has 2 aromatic heterocycles. The van der Waals surface area contributed by atoms with Crippen molar-refractivity contribution in [3.8, 4) is 0 Å². The molecule has 0 bridgehead atoms. The van der Waals surface area contributed by atoms with Gasteiger partial charge in [0.1, 0.15) is 12.6 Å². The number of nitrogens with one attached hydrogen (secondary N) is 1. The van der Waals surface area contributed by atoms with Crippen molar-refractivity contribution in [2.45, 2.75) is 19.1 Å². The van der Waals surface area contributed by atoms with Crippen LogP contribution in [0.2, 0.25) is 0 Å². The van der Waals surface area contributed by atoms with Gasteiger partial charge in [-0.05, 0) is 23.8 Å². The van der Waals surface area contributed by atoms with Gasteiger partial charge < -0.3 is 23.6 Å². The van der Waals surface area contributed by atoms with Gasteiger partial charge in [-0.25, -0.2) is 9.59 Å². The van der Waals surface area contributed by atoms with Crippen molar-refractivity contribution in [3.05, 3.63) is 83.7 Å². The van der Waals surface area contributed by atoms with Crippen LogP contribution < -0.4 is 5.32 Å². The summed E-state index contributed by atoms with van der Waals surface area (Å²) in [6.45, 7) is -0.207. The molecule has 2 heterocycles. The lowest BCUT2D eigenvalue weighted by Crippen LogP contribution is -2.43. The van der Waals surface area contributed by atoms with Gasteiger partial charge in [0.15, 0.2) is 5.76 Å². The molecule has 0 unspecified atom stereocenters. The van der Waals surface area contributed by atoms with E-state index in [9.17, 15) is 14.4 Å². The Labute approximate surface area is 166 Å². The van der Waals surface area contributed by atoms with Gasteiger partial charge in [-0.3, -0.25) is 4.79 Å². The number of amides is 1. The molecular formula is C21H19NO7. The van der Waals surface area contributed by atoms with Crippen LogP contribution in [0.1, 0.15) is 32.2 Å². The van der Waals surface area contributed by atoms with Crippen LogP contribution in [0.5, 0.6) is 0 Å². The van der Waals surface area contributed by atoms with Crippen LogP contribution in [-0.4, -0.2) is 31.0 Å². The molecule has 1 N–H and O–H groups in total. The first kappa shape index (κ1) is 19.9. The fraction of sp³-hybridized carbons (Fsp3) is 0.190. The minimum Gasteiger partial charge on any atom is -0.463 e. The molecule has 1 aromatic carbocycles. The SMILES string of the molecule is COC(=O)c1occc1COC(=O)[C@H](Cc1ccccc1)NC(=O)c1ccco1. The number of carbonyl (C=O) groups is 3. The molecule has 0 spiro atoms. The molecule has 150 valence electrons. The predicted octanol–water partition coefficient (Wildman–Crippen LogP) is 2.74. The number of esters is 2. The van der Waals surface area contributed by atoms with Gasteiger partial charge in [-0.2, -0.15) is 0 Å². The van der Waals surface area contributed by atoms with Crippen molar-refractivity contribution in [1.82, 2.24) is 5.32 Å². The second-order valence-corrected chi connectivity index (χ2v) is 6.07. The minimum atomic E-state index is -0.955. The van der Waals surface area contributed by atoms with Crippen molar-refractivity contribution in [1.29, 1.82) is 0 Å². The van der Waals surface area contributed by atoms with Gasteiger partial charge in [-0.1, -0.05) is 30.3 Å². The topological polar surface area (TPSA) is 108 Å². The van der Waals surface area contributed by atoms with Gasteiger partial charge in [0.05, 0.1) is 19.6 Å². The molecule has 3 rings (SSSR count). The lowest BCUT2D eigenvalue weighted by atomic mass is 10.1. The van der Waals surface area contributed by atoms with Crippen LogP contribution in [0.3, 0.4) is 0 Å². The van der Waals surface area contributed by atoms with E-state index in [4.69, 9.17) is 13.6 Å². The Hall–Kier alpha value is -3.81. The lowest BCUT2D eigenvalue weighted by Gasteiger charge is -2.17. The maximum Gasteiger partial charge on any atom is 0.374 e. The average molecular weight is 397 g/mol. The molecule has 0 aliphatic rings. The highest BCUT2D eigenvalue weighted by Crippen LogP contribution is 2.14. The normalized spacial score (nSPS) is 11.5. The molecule has 29 heavy (non-hydrogen) atoms. The second kappa shape index (κ2) is 9.41. The largest absolute Gasteiger partial charge is 0.463 e. The number of methoxy groups -OCH3 is 1. The number of furan rings is 2. The molecule has 8 nitrogen and oxygen atoms in total. The molecule has 3 aromatic rings. The predicted molar refractivity (Wildman–Crippen MR) is 100.0 cm³/mol. The highest BCUT2D eigenvalue weighted by atomic mass is 16.5. The number of ether oxygens (including phenoxy) is 2. The molecule has 0 saturated carbocycles. The zero-order chi connectivity index (χ0) is 20.6. The van der Waals surface area contributed by atoms with Gasteiger partial charge in [0.2, 0.25) is 5.76 Å². The average Bonchev–Trinajstić information content (AvgIpc) is 3.43. The van der Waals surface area contributed by atoms with Crippen molar-refractivity contribution in [2.75, 3.05) is 7.11 Å². The first-order valence-electron chi connectivity index (χ1n) is 8.78. The van der Waals surface area contributed by atoms with Crippen LogP contribution in [-0.2, 0) is 27.3 Å². The van der Waals surface area contributed by atoms with Crippen molar-refractivity contribution in [3.63, 3.8) is 0 Å². The summed E-state index contributed by atoms with van der Waals surface area (Å²) in [6.07, 6.45) is 2.89. The first-order chi connectivity index (χ1) is 14.1. The van der Waals surface area contributed by atoms with E-state index in [1.807, 2.05) is 30.3 Å². The van der Waals surface area contributed by atoms with Gasteiger partial charge in [0.25, 0.3) is 5.91 Å². The van der Waals surface area contributed by atoms with Crippen LogP contribution in [0.25, 0.3) is 0 Å². The van der Waals surface area contributed by atoms with E-state index in [2.05, 4.69) is 10.1 Å². The summed E-state index contributed by atoms with van der Waals surface area (Å²) in [6, 6.07) is 12.8. The highest BCUT2D eigenvalue weighted by Gasteiger charge is 2.25. The molecule has 0 fully saturated rings. The molecule has 0 radical (unpaired) electrons. The Morgan fingerprint density at radius 2 is 1.79 bits per heavy atom. The zero-order valence-electron chi connectivity index (χ0n) is 15.6. The summed E-state index contributed by atoms with van der Waals surface area (Å²) in [5.41, 5.74) is 1.20. The summed E-state index contributed by atoms with van der Waals surface area (Å²) in [4.78, 5) is 36.7. The highest BCUT2D eigenvalue weighted by molar-refractivity contribution is 5.94. The molecule has 0 saturated heterocycles. The number of benzene rings is 1. The first-order valence-corrected chi connectivity index (χ1v) is 8.78. The third-order valence-electron chi connectivity index (χ3n) is 4.10. The standard InChI is InChI=1S/C21H19NO7/c1-26-21(25)18-15(9-11-28-18)13-29-20(24)16(12-14-6-3-2-4-7-14)22-19(23)17-8-5-10-27-17/h2-11,16H,12-13H2,1H3,(H,22,23)/t16-/m0/s1. The van der Waals surface area contributed by atoms with E-state index >= 15 is 0 Å². The fourth-order valence-electron chi connectivity index (χ4n) is 2.65. The van der Waals surface area contributed by atoms with Gasteiger partial charge >= 0.3 is 11.9 Å². The number of hydrogen-bond donors (Lipinski definition) is 1. The van der Waals surface area contributed by atoms with E-state index in [1.54, 1.807) is 6.07 Å². The van der Waals surface area contributed by atoms with E-state index in [-0.39, 0.29) is 24.5 Å². The Morgan fingerprint density at radius 1 is 1.00 bits per heavy atom. The van der Waals surface area contributed by atoms with E-state index in [0.29, 0.717) is 5.56 Å². The molecule has 0 aliphatic heterocycles. The van der Waals surface area contributed by atoms with Crippen LogP contribution >= 0.6 is 0 Å². The maximum absolute atomic E-state index is 12.7. The summed E-state index contributed by atoms with van der Waals surface area (Å²) in [5.74, 6) is -1.83. The van der Waals surface area contributed by atoms with Gasteiger partial charge in [0, 0.05) is 12.0 Å². The molecule has 1 atom stereocenters. The van der Waals surface area contributed by atoms with Crippen LogP contribution in [0.15, 0.2) is 69.9 Å². The summed E-state index contributed by atoms with van der Waals surface area (Å²) >= 11 is 0. The Kier molecular flexibility index (Phi) is 6.47. The molecular weight excluding hydrogens is 378 g/mol. The summed E-state index contributed by atoms with van der Waals surface area (Å²) in [5, 5.41) is 2.62. The second-order valence-electron chi connectivity index (χ2n) is 6.07. The lowest BCUT2D eigenvalue weighted by molar-refractivity contribution is -0.147. The van der Waals surface area contributed by atoms with Crippen molar-refractivity contribution >= 4 is 17.8 Å². The minimum absolute atomic E-state index is 0.0421. The van der Waals surface area contributed by atoms with Gasteiger partial charge in [-0.15, -0.1) is 0 Å². The summed E-state index contributed by atoms with van der Waals surface area (Å²) < 4.78 is 20.1. The van der Waals surface area contributed by atoms with Crippen molar-refractivity contribution in [2.24, 2.45) is 0 Å². The molecule has 8 heteroatoms. The number of hydrogen-bond acceptors (Lipinski definition) is 7. The summed E-state index contributed by atoms with van der Waals surface area (Å²) in [7, 11) is 1.22. The zero-order valence-corrected chi connectivity index (χ0v) is 15.6. The quantitative estimate of drug-likeness (QED) is 0.582. The molecule has 1 amide bonds. The monoisotopic (exact) mass is 397 g/mol. The Bertz CT molecular complexity index is 960. The number of carbonyl (C=O) groups excluding carboxylic acids is 3. The maximum atomic E-state index is 12.7. The van der Waals surface area contributed by atoms with E-state index in [0.717, 1.165) is 5.56 Å². The third kappa shape index (κ3) is 5.13. The smallest absolute Gasteiger partial charge is 0.374 e. The van der Waals surface area contributed by atoms with E-state index < -0.39 is 23.9 Å². The Morgan fingerprint density at radius 3 is 2.48 bits per heavy atom. The van der Waals surface area contributed by atoms with Crippen molar-refractivity contribution < 1.29 is 32.7 Å². The number of rotatable bonds is 8. The fourth-order valence-corrected chi connectivity index (χ4v) is 2.65. The van der Waals surface area contributed by atoms with E-state index in [1.165, 1.54) is 31.8 Å². The van der Waals surface area contributed by atoms with Crippen LogP contribution in [0, 0.1) is 0 Å². The van der Waals surface area contributed by atoms with Crippen LogP contribution in [0.4, 0.5) is 0 Å². The third-order valence-corrected chi connectivity index (χ3v) is 4.10. The Balaban J connectivity index is 1.70. The molecule has 0 aliphatic carbocycles.